The molecule has 7 nitrogen and oxygen atoms in total. The summed E-state index contributed by atoms with van der Waals surface area (Å²) in [7, 11) is -3.29. The molecular formula is C21H25ClFN3O4S. The molecule has 0 bridgehead atoms. The van der Waals surface area contributed by atoms with E-state index >= 15 is 0 Å². The highest BCUT2D eigenvalue weighted by Gasteiger charge is 2.24. The van der Waals surface area contributed by atoms with Crippen LogP contribution >= 0.6 is 11.6 Å². The lowest BCUT2D eigenvalue weighted by Crippen LogP contribution is -2.32. The van der Waals surface area contributed by atoms with Crippen LogP contribution in [0.3, 0.4) is 0 Å². The van der Waals surface area contributed by atoms with E-state index in [-0.39, 0.29) is 16.8 Å². The van der Waals surface area contributed by atoms with Gasteiger partial charge >= 0.3 is 0 Å². The topological polar surface area (TPSA) is 98.2 Å². The van der Waals surface area contributed by atoms with Crippen molar-refractivity contribution in [2.75, 3.05) is 6.26 Å². The van der Waals surface area contributed by atoms with Crippen molar-refractivity contribution < 1.29 is 22.3 Å². The van der Waals surface area contributed by atoms with E-state index in [2.05, 4.69) is 15.3 Å². The van der Waals surface area contributed by atoms with Crippen LogP contribution in [0.5, 0.6) is 5.75 Å². The molecule has 2 atom stereocenters. The number of sulfone groups is 1. The van der Waals surface area contributed by atoms with E-state index in [1.54, 1.807) is 26.0 Å². The van der Waals surface area contributed by atoms with Gasteiger partial charge in [0.25, 0.3) is 5.91 Å². The largest absolute Gasteiger partial charge is 0.482 e. The fourth-order valence-corrected chi connectivity index (χ4v) is 3.45. The van der Waals surface area contributed by atoms with Crippen LogP contribution in [-0.4, -0.2) is 36.6 Å². The fraction of sp³-hybridized carbons (Fsp3) is 0.381. The van der Waals surface area contributed by atoms with Crippen molar-refractivity contribution in [3.63, 3.8) is 0 Å². The molecule has 2 aromatic rings. The van der Waals surface area contributed by atoms with Crippen molar-refractivity contribution in [1.29, 1.82) is 0 Å². The van der Waals surface area contributed by atoms with Gasteiger partial charge in [0.2, 0.25) is 5.82 Å². The highest BCUT2D eigenvalue weighted by atomic mass is 35.5. The molecular weight excluding hydrogens is 445 g/mol. The van der Waals surface area contributed by atoms with E-state index in [4.69, 9.17) is 16.3 Å². The van der Waals surface area contributed by atoms with Crippen LogP contribution in [-0.2, 0) is 9.84 Å². The number of ether oxygens (including phenoxy) is 1. The van der Waals surface area contributed by atoms with Gasteiger partial charge in [-0.3, -0.25) is 4.79 Å². The molecule has 168 valence electrons. The zero-order valence-corrected chi connectivity index (χ0v) is 19.5. The number of hydrogen-bond acceptors (Lipinski definition) is 6. The minimum absolute atomic E-state index is 0.00750. The van der Waals surface area contributed by atoms with Crippen LogP contribution in [0.1, 0.15) is 48.8 Å². The minimum Gasteiger partial charge on any atom is -0.482 e. The van der Waals surface area contributed by atoms with E-state index in [1.807, 2.05) is 13.8 Å². The fourth-order valence-electron chi connectivity index (χ4n) is 2.70. The molecule has 2 rings (SSSR count). The first-order chi connectivity index (χ1) is 14.4. The quantitative estimate of drug-likeness (QED) is 0.626. The summed E-state index contributed by atoms with van der Waals surface area (Å²) in [6.45, 7) is 7.11. The van der Waals surface area contributed by atoms with Gasteiger partial charge in [-0.2, -0.15) is 0 Å². The SMILES string of the molecule is Cc1nc(C(=O)N[C@H](C)/C=C/S(C)(=O)=O)ncc1O[C@H](c1cccc(F)c1Cl)C(C)C. The van der Waals surface area contributed by atoms with Crippen molar-refractivity contribution >= 4 is 27.3 Å². The van der Waals surface area contributed by atoms with Crippen LogP contribution in [0.4, 0.5) is 4.39 Å². The summed E-state index contributed by atoms with van der Waals surface area (Å²) in [6.07, 6.45) is 3.24. The Morgan fingerprint density at radius 1 is 1.29 bits per heavy atom. The first kappa shape index (κ1) is 24.7. The molecule has 0 aliphatic heterocycles. The van der Waals surface area contributed by atoms with Crippen molar-refractivity contribution in [3.8, 4) is 5.75 Å². The van der Waals surface area contributed by atoms with Gasteiger partial charge < -0.3 is 10.1 Å². The summed E-state index contributed by atoms with van der Waals surface area (Å²) in [5.41, 5.74) is 0.919. The molecule has 0 aliphatic carbocycles. The summed E-state index contributed by atoms with van der Waals surface area (Å²) < 4.78 is 42.3. The smallest absolute Gasteiger partial charge is 0.289 e. The lowest BCUT2D eigenvalue weighted by atomic mass is 9.98. The summed E-state index contributed by atoms with van der Waals surface area (Å²) in [4.78, 5) is 20.6. The molecule has 0 saturated heterocycles. The Labute approximate surface area is 186 Å². The zero-order chi connectivity index (χ0) is 23.3. The van der Waals surface area contributed by atoms with E-state index in [1.165, 1.54) is 18.3 Å². The molecule has 31 heavy (non-hydrogen) atoms. The van der Waals surface area contributed by atoms with E-state index in [9.17, 15) is 17.6 Å². The maximum absolute atomic E-state index is 13.9. The second-order valence-electron chi connectivity index (χ2n) is 7.49. The van der Waals surface area contributed by atoms with Gasteiger partial charge in [-0.05, 0) is 25.8 Å². The Hall–Kier alpha value is -2.52. The number of nitrogens with zero attached hydrogens (tertiary/aromatic N) is 2. The second-order valence-corrected chi connectivity index (χ2v) is 9.80. The number of rotatable bonds is 8. The molecule has 1 aromatic carbocycles. The molecule has 1 N–H and O–H groups in total. The Balaban J connectivity index is 2.20. The molecule has 0 unspecified atom stereocenters. The number of hydrogen-bond donors (Lipinski definition) is 1. The highest BCUT2D eigenvalue weighted by molar-refractivity contribution is 7.93. The standard InChI is InChI=1S/C21H25ClFN3O4S/c1-12(2)19(15-7-6-8-16(23)18(15)22)30-17-11-24-20(26-14(17)4)21(27)25-13(3)9-10-31(5,28)29/h6-13,19H,1-5H3,(H,25,27)/b10-9+/t13-,19+/m1/s1. The van der Waals surface area contributed by atoms with Crippen LogP contribution < -0.4 is 10.1 Å². The third kappa shape index (κ3) is 7.00. The Morgan fingerprint density at radius 3 is 2.55 bits per heavy atom. The van der Waals surface area contributed by atoms with Crippen LogP contribution in [0.25, 0.3) is 0 Å². The number of amides is 1. The van der Waals surface area contributed by atoms with Gasteiger partial charge in [-0.25, -0.2) is 22.8 Å². The average molecular weight is 470 g/mol. The first-order valence-electron chi connectivity index (χ1n) is 9.52. The number of nitrogens with one attached hydrogen (secondary N) is 1. The van der Waals surface area contributed by atoms with Crippen molar-refractivity contribution in [2.24, 2.45) is 5.92 Å². The molecule has 0 fully saturated rings. The van der Waals surface area contributed by atoms with E-state index in [0.717, 1.165) is 11.7 Å². The molecule has 1 amide bonds. The van der Waals surface area contributed by atoms with Crippen LogP contribution in [0.15, 0.2) is 35.9 Å². The Morgan fingerprint density at radius 2 is 1.97 bits per heavy atom. The van der Waals surface area contributed by atoms with Crippen LogP contribution in [0.2, 0.25) is 5.02 Å². The number of aryl methyl sites for hydroxylation is 1. The highest BCUT2D eigenvalue weighted by Crippen LogP contribution is 2.34. The predicted octanol–water partition coefficient (Wildman–Crippen LogP) is 4.03. The van der Waals surface area contributed by atoms with Gasteiger partial charge in [-0.15, -0.1) is 0 Å². The zero-order valence-electron chi connectivity index (χ0n) is 17.9. The maximum Gasteiger partial charge on any atom is 0.289 e. The summed E-state index contributed by atoms with van der Waals surface area (Å²) >= 11 is 6.12. The van der Waals surface area contributed by atoms with Gasteiger partial charge in [-0.1, -0.05) is 43.7 Å². The molecule has 0 aliphatic rings. The minimum atomic E-state index is -3.29. The van der Waals surface area contributed by atoms with E-state index in [0.29, 0.717) is 17.0 Å². The number of halogens is 2. The molecule has 0 spiro atoms. The van der Waals surface area contributed by atoms with Gasteiger partial charge in [0.15, 0.2) is 15.6 Å². The lowest BCUT2D eigenvalue weighted by molar-refractivity contribution is 0.0935. The van der Waals surface area contributed by atoms with Gasteiger partial charge in [0, 0.05) is 23.3 Å². The molecule has 0 saturated carbocycles. The summed E-state index contributed by atoms with van der Waals surface area (Å²) in [6, 6.07) is 3.99. The maximum atomic E-state index is 13.9. The van der Waals surface area contributed by atoms with E-state index < -0.39 is 33.7 Å². The first-order valence-corrected chi connectivity index (χ1v) is 11.9. The molecule has 1 heterocycles. The lowest BCUT2D eigenvalue weighted by Gasteiger charge is -2.24. The van der Waals surface area contributed by atoms with Crippen LogP contribution in [0, 0.1) is 18.7 Å². The number of aromatic nitrogens is 2. The normalized spacial score (nSPS) is 13.9. The Kier molecular flexibility index (Phi) is 8.14. The number of benzene rings is 1. The third-order valence-corrected chi connectivity index (χ3v) is 5.31. The molecule has 1 aromatic heterocycles. The van der Waals surface area contributed by atoms with Gasteiger partial charge in [0.05, 0.1) is 16.9 Å². The predicted molar refractivity (Wildman–Crippen MR) is 117 cm³/mol. The molecule has 0 radical (unpaired) electrons. The second kappa shape index (κ2) is 10.2. The van der Waals surface area contributed by atoms with Crippen molar-refractivity contribution in [1.82, 2.24) is 15.3 Å². The van der Waals surface area contributed by atoms with Gasteiger partial charge in [0.1, 0.15) is 11.9 Å². The third-order valence-electron chi connectivity index (χ3n) is 4.26. The average Bonchev–Trinajstić information content (AvgIpc) is 2.67. The summed E-state index contributed by atoms with van der Waals surface area (Å²) in [5.74, 6) is -0.888. The number of carbonyl (C=O) groups excluding carboxylic acids is 1. The van der Waals surface area contributed by atoms with Crippen molar-refractivity contribution in [2.45, 2.75) is 39.8 Å². The van der Waals surface area contributed by atoms with Crippen molar-refractivity contribution in [3.05, 3.63) is 63.8 Å². The Bertz CT molecular complexity index is 1090. The number of carbonyl (C=O) groups is 1. The monoisotopic (exact) mass is 469 g/mol. The summed E-state index contributed by atoms with van der Waals surface area (Å²) in [5, 5.41) is 3.61. The molecule has 10 heteroatoms.